The molecule has 3 aromatic heterocycles. The summed E-state index contributed by atoms with van der Waals surface area (Å²) in [6.45, 7) is 3.48. The van der Waals surface area contributed by atoms with Crippen LogP contribution >= 0.6 is 34.9 Å². The molecular weight excluding hydrogens is 460 g/mol. The average molecular weight is 479 g/mol. The molecule has 0 aliphatic heterocycles. The Balaban J connectivity index is 1.43. The Morgan fingerprint density at radius 3 is 1.77 bits per heavy atom. The van der Waals surface area contributed by atoms with E-state index in [1.165, 1.54) is 59.8 Å². The average Bonchev–Trinajstić information content (AvgIpc) is 3.51. The van der Waals surface area contributed by atoms with E-state index in [2.05, 4.69) is 31.3 Å². The van der Waals surface area contributed by atoms with Gasteiger partial charge in [-0.05, 0) is 38.1 Å². The number of carbonyl (C=O) groups excluding carboxylic acids is 2. The second-order valence-electron chi connectivity index (χ2n) is 5.85. The van der Waals surface area contributed by atoms with Crippen LogP contribution < -0.4 is 10.9 Å². The van der Waals surface area contributed by atoms with Crippen molar-refractivity contribution in [3.63, 3.8) is 0 Å². The number of hydrogen-bond acceptors (Lipinski definition) is 11. The maximum atomic E-state index is 12.1. The second kappa shape index (κ2) is 11.5. The maximum absolute atomic E-state index is 12.1. The zero-order valence-electron chi connectivity index (χ0n) is 16.4. The van der Waals surface area contributed by atoms with Gasteiger partial charge in [0, 0.05) is 0 Å². The van der Waals surface area contributed by atoms with Crippen molar-refractivity contribution in [3.8, 4) is 0 Å². The Bertz CT molecular complexity index is 952. The monoisotopic (exact) mass is 478 g/mol. The molecule has 2 amide bonds. The van der Waals surface area contributed by atoms with Crippen molar-refractivity contribution in [1.82, 2.24) is 21.0 Å². The molecule has 0 unspecified atom stereocenters. The van der Waals surface area contributed by atoms with E-state index >= 15 is 0 Å². The van der Waals surface area contributed by atoms with Crippen molar-refractivity contribution in [1.29, 1.82) is 0 Å². The smallest absolute Gasteiger partial charge is 0.253 e. The highest BCUT2D eigenvalue weighted by atomic mass is 32.2. The van der Waals surface area contributed by atoms with Crippen LogP contribution in [-0.2, 0) is 9.59 Å². The van der Waals surface area contributed by atoms with Gasteiger partial charge in [0.15, 0.2) is 8.68 Å². The van der Waals surface area contributed by atoms with Crippen LogP contribution in [0.25, 0.3) is 0 Å². The molecule has 0 aliphatic carbocycles. The van der Waals surface area contributed by atoms with Crippen molar-refractivity contribution in [3.05, 3.63) is 48.3 Å². The standard InChI is InChI=1S/C18H18N6O4S3/c1-11(15(25)21-19-9-13-5-3-7-27-13)29-17-23-24-18(31-17)30-12(2)16(26)22-20-10-14-6-4-8-28-14/h3-12H,1-2H3,(H,21,25)(H,22,26)/b19-9-,20-10-/t11-,12+. The van der Waals surface area contributed by atoms with E-state index in [1.54, 1.807) is 38.1 Å². The number of amides is 2. The molecule has 0 aromatic carbocycles. The lowest BCUT2D eigenvalue weighted by Gasteiger charge is -2.06. The van der Waals surface area contributed by atoms with Gasteiger partial charge in [-0.25, -0.2) is 10.9 Å². The van der Waals surface area contributed by atoms with Gasteiger partial charge in [0.1, 0.15) is 11.5 Å². The summed E-state index contributed by atoms with van der Waals surface area (Å²) in [6, 6.07) is 6.90. The Labute approximate surface area is 190 Å². The fourth-order valence-electron chi connectivity index (χ4n) is 1.93. The van der Waals surface area contributed by atoms with Gasteiger partial charge in [-0.15, -0.1) is 10.2 Å². The Kier molecular flexibility index (Phi) is 8.44. The lowest BCUT2D eigenvalue weighted by Crippen LogP contribution is -2.26. The van der Waals surface area contributed by atoms with Gasteiger partial charge in [-0.1, -0.05) is 34.9 Å². The summed E-state index contributed by atoms with van der Waals surface area (Å²) >= 11 is 3.82. The first-order chi connectivity index (χ1) is 15.0. The van der Waals surface area contributed by atoms with Crippen LogP contribution in [-0.4, -0.2) is 44.9 Å². The largest absolute Gasteiger partial charge is 0.463 e. The molecule has 31 heavy (non-hydrogen) atoms. The Hall–Kier alpha value is -2.90. The number of rotatable bonds is 10. The fraction of sp³-hybridized carbons (Fsp3) is 0.222. The molecule has 162 valence electrons. The van der Waals surface area contributed by atoms with E-state index in [0.717, 1.165) is 0 Å². The summed E-state index contributed by atoms with van der Waals surface area (Å²) in [5.74, 6) is 0.520. The van der Waals surface area contributed by atoms with Crippen LogP contribution in [0.2, 0.25) is 0 Å². The molecule has 2 atom stereocenters. The number of carbonyl (C=O) groups is 2. The molecule has 10 nitrogen and oxygen atoms in total. The molecule has 0 bridgehead atoms. The van der Waals surface area contributed by atoms with Gasteiger partial charge in [-0.3, -0.25) is 9.59 Å². The van der Waals surface area contributed by atoms with Crippen molar-refractivity contribution < 1.29 is 18.4 Å². The normalized spacial score (nSPS) is 13.5. The molecule has 3 aromatic rings. The van der Waals surface area contributed by atoms with E-state index in [1.807, 2.05) is 0 Å². The van der Waals surface area contributed by atoms with E-state index in [4.69, 9.17) is 8.83 Å². The van der Waals surface area contributed by atoms with E-state index in [-0.39, 0.29) is 11.8 Å². The van der Waals surface area contributed by atoms with Crippen molar-refractivity contribution in [2.75, 3.05) is 0 Å². The summed E-state index contributed by atoms with van der Waals surface area (Å²) in [7, 11) is 0. The van der Waals surface area contributed by atoms with Crippen LogP contribution in [0, 0.1) is 0 Å². The first-order valence-corrected chi connectivity index (χ1v) is 11.5. The molecular formula is C18H18N6O4S3. The molecule has 3 rings (SSSR count). The van der Waals surface area contributed by atoms with Crippen LogP contribution in [0.15, 0.2) is 64.5 Å². The third kappa shape index (κ3) is 7.38. The third-order valence-electron chi connectivity index (χ3n) is 3.50. The molecule has 0 saturated carbocycles. The molecule has 0 radical (unpaired) electrons. The Morgan fingerprint density at radius 2 is 1.39 bits per heavy atom. The second-order valence-corrected chi connectivity index (χ2v) is 10.0. The summed E-state index contributed by atoms with van der Waals surface area (Å²) in [5, 5.41) is 15.0. The number of aromatic nitrogens is 2. The van der Waals surface area contributed by atoms with Gasteiger partial charge < -0.3 is 8.83 Å². The van der Waals surface area contributed by atoms with E-state index in [9.17, 15) is 9.59 Å². The first-order valence-electron chi connectivity index (χ1n) is 8.91. The van der Waals surface area contributed by atoms with Crippen LogP contribution in [0.4, 0.5) is 0 Å². The number of hydrazone groups is 2. The van der Waals surface area contributed by atoms with Gasteiger partial charge in [0.25, 0.3) is 11.8 Å². The molecule has 0 saturated heterocycles. The summed E-state index contributed by atoms with van der Waals surface area (Å²) in [5.41, 5.74) is 4.90. The minimum Gasteiger partial charge on any atom is -0.463 e. The topological polar surface area (TPSA) is 135 Å². The molecule has 3 heterocycles. The van der Waals surface area contributed by atoms with Crippen molar-refractivity contribution in [2.45, 2.75) is 33.0 Å². The highest BCUT2D eigenvalue weighted by Crippen LogP contribution is 2.33. The number of furan rings is 2. The molecule has 0 aliphatic rings. The maximum Gasteiger partial charge on any atom is 0.253 e. The van der Waals surface area contributed by atoms with Gasteiger partial charge in [-0.2, -0.15) is 10.2 Å². The molecule has 2 N–H and O–H groups in total. The minimum absolute atomic E-state index is 0.278. The third-order valence-corrected chi connectivity index (χ3v) is 6.79. The minimum atomic E-state index is -0.434. The first kappa shape index (κ1) is 22.8. The number of nitrogens with zero attached hydrogens (tertiary/aromatic N) is 4. The Morgan fingerprint density at radius 1 is 0.935 bits per heavy atom. The zero-order valence-corrected chi connectivity index (χ0v) is 18.9. The van der Waals surface area contributed by atoms with Gasteiger partial charge >= 0.3 is 0 Å². The SMILES string of the molecule is C[C@H](Sc1nnc(S[C@H](C)C(=O)N/N=C\c2ccco2)s1)C(=O)N/N=C\c1ccco1. The van der Waals surface area contributed by atoms with Gasteiger partial charge in [0.05, 0.1) is 35.5 Å². The summed E-state index contributed by atoms with van der Waals surface area (Å²) in [6.07, 6.45) is 5.87. The fourth-order valence-corrected chi connectivity index (χ4v) is 5.23. The molecule has 0 fully saturated rings. The quantitative estimate of drug-likeness (QED) is 0.258. The molecule has 13 heteroatoms. The highest BCUT2D eigenvalue weighted by Gasteiger charge is 2.20. The van der Waals surface area contributed by atoms with Crippen LogP contribution in [0.3, 0.4) is 0 Å². The van der Waals surface area contributed by atoms with E-state index in [0.29, 0.717) is 20.2 Å². The van der Waals surface area contributed by atoms with Crippen molar-refractivity contribution >= 4 is 59.1 Å². The van der Waals surface area contributed by atoms with Crippen LogP contribution in [0.1, 0.15) is 25.4 Å². The lowest BCUT2D eigenvalue weighted by atomic mass is 10.5. The summed E-state index contributed by atoms with van der Waals surface area (Å²) in [4.78, 5) is 24.3. The lowest BCUT2D eigenvalue weighted by molar-refractivity contribution is -0.121. The number of hydrogen-bond donors (Lipinski definition) is 2. The predicted octanol–water partition coefficient (Wildman–Crippen LogP) is 2.99. The zero-order chi connectivity index (χ0) is 22.1. The predicted molar refractivity (Wildman–Crippen MR) is 119 cm³/mol. The van der Waals surface area contributed by atoms with Crippen molar-refractivity contribution in [2.24, 2.45) is 10.2 Å². The highest BCUT2D eigenvalue weighted by molar-refractivity contribution is 8.04. The number of thioether (sulfide) groups is 2. The van der Waals surface area contributed by atoms with Gasteiger partial charge in [0.2, 0.25) is 0 Å². The molecule has 0 spiro atoms. The van der Waals surface area contributed by atoms with E-state index < -0.39 is 10.5 Å². The summed E-state index contributed by atoms with van der Waals surface area (Å²) < 4.78 is 11.4. The van der Waals surface area contributed by atoms with Crippen LogP contribution in [0.5, 0.6) is 0 Å². The number of nitrogens with one attached hydrogen (secondary N) is 2.